The first kappa shape index (κ1) is 14.7. The SMILES string of the molecule is CCOC(=O)CC(CCc1ccccc1)N(C)C. The number of ether oxygens (including phenoxy) is 1. The Bertz CT molecular complexity index is 349. The number of carbonyl (C=O) groups is 1. The predicted molar refractivity (Wildman–Crippen MR) is 73.5 cm³/mol. The van der Waals surface area contributed by atoms with Crippen LogP contribution in [0.4, 0.5) is 0 Å². The fraction of sp³-hybridized carbons (Fsp3) is 0.533. The van der Waals surface area contributed by atoms with Gasteiger partial charge in [0.25, 0.3) is 0 Å². The van der Waals surface area contributed by atoms with Crippen LogP contribution in [0.25, 0.3) is 0 Å². The third-order valence-corrected chi connectivity index (χ3v) is 3.05. The molecule has 3 heteroatoms. The molecule has 0 saturated heterocycles. The zero-order chi connectivity index (χ0) is 13.4. The first-order chi connectivity index (χ1) is 8.63. The van der Waals surface area contributed by atoms with Crippen molar-refractivity contribution in [3.8, 4) is 0 Å². The highest BCUT2D eigenvalue weighted by Gasteiger charge is 2.16. The quantitative estimate of drug-likeness (QED) is 0.695. The molecule has 1 unspecified atom stereocenters. The van der Waals surface area contributed by atoms with Gasteiger partial charge in [0.15, 0.2) is 0 Å². The molecular weight excluding hydrogens is 226 g/mol. The average molecular weight is 249 g/mol. The number of hydrogen-bond donors (Lipinski definition) is 0. The Balaban J connectivity index is 2.46. The lowest BCUT2D eigenvalue weighted by Gasteiger charge is -2.23. The van der Waals surface area contributed by atoms with E-state index in [-0.39, 0.29) is 12.0 Å². The predicted octanol–water partition coefficient (Wildman–Crippen LogP) is 2.50. The van der Waals surface area contributed by atoms with E-state index in [9.17, 15) is 4.79 Å². The molecule has 100 valence electrons. The van der Waals surface area contributed by atoms with Crippen LogP contribution in [-0.4, -0.2) is 37.6 Å². The molecule has 0 radical (unpaired) electrons. The van der Waals surface area contributed by atoms with Crippen molar-refractivity contribution in [2.75, 3.05) is 20.7 Å². The molecular formula is C15H23NO2. The van der Waals surface area contributed by atoms with E-state index < -0.39 is 0 Å². The Kier molecular flexibility index (Phi) is 6.44. The van der Waals surface area contributed by atoms with Gasteiger partial charge in [-0.25, -0.2) is 0 Å². The van der Waals surface area contributed by atoms with Crippen molar-refractivity contribution in [1.82, 2.24) is 4.90 Å². The maximum Gasteiger partial charge on any atom is 0.307 e. The molecule has 1 aromatic carbocycles. The summed E-state index contributed by atoms with van der Waals surface area (Å²) >= 11 is 0. The number of carbonyl (C=O) groups excluding carboxylic acids is 1. The van der Waals surface area contributed by atoms with E-state index in [1.54, 1.807) is 0 Å². The summed E-state index contributed by atoms with van der Waals surface area (Å²) in [5, 5.41) is 0. The van der Waals surface area contributed by atoms with Crippen LogP contribution in [0.15, 0.2) is 30.3 Å². The largest absolute Gasteiger partial charge is 0.466 e. The molecule has 0 amide bonds. The van der Waals surface area contributed by atoms with Crippen molar-refractivity contribution >= 4 is 5.97 Å². The van der Waals surface area contributed by atoms with Crippen molar-refractivity contribution < 1.29 is 9.53 Å². The molecule has 0 N–H and O–H groups in total. The van der Waals surface area contributed by atoms with Crippen LogP contribution in [0.1, 0.15) is 25.3 Å². The Morgan fingerprint density at radius 3 is 2.50 bits per heavy atom. The van der Waals surface area contributed by atoms with Gasteiger partial charge in [-0.15, -0.1) is 0 Å². The van der Waals surface area contributed by atoms with Crippen LogP contribution in [0.2, 0.25) is 0 Å². The van der Waals surface area contributed by atoms with E-state index in [4.69, 9.17) is 4.74 Å². The molecule has 3 nitrogen and oxygen atoms in total. The number of nitrogens with zero attached hydrogens (tertiary/aromatic N) is 1. The van der Waals surface area contributed by atoms with Gasteiger partial charge in [-0.1, -0.05) is 30.3 Å². The summed E-state index contributed by atoms with van der Waals surface area (Å²) in [6, 6.07) is 10.6. The second-order valence-electron chi connectivity index (χ2n) is 4.65. The van der Waals surface area contributed by atoms with Gasteiger partial charge in [0.1, 0.15) is 0 Å². The van der Waals surface area contributed by atoms with Gasteiger partial charge < -0.3 is 9.64 Å². The molecule has 0 aromatic heterocycles. The first-order valence-electron chi connectivity index (χ1n) is 6.49. The summed E-state index contributed by atoms with van der Waals surface area (Å²) < 4.78 is 5.01. The first-order valence-corrected chi connectivity index (χ1v) is 6.49. The van der Waals surface area contributed by atoms with Gasteiger partial charge in [0.2, 0.25) is 0 Å². The fourth-order valence-electron chi connectivity index (χ4n) is 1.93. The number of aryl methyl sites for hydroxylation is 1. The molecule has 18 heavy (non-hydrogen) atoms. The van der Waals surface area contributed by atoms with E-state index in [0.717, 1.165) is 12.8 Å². The monoisotopic (exact) mass is 249 g/mol. The summed E-state index contributed by atoms with van der Waals surface area (Å²) in [5.41, 5.74) is 1.31. The van der Waals surface area contributed by atoms with Crippen molar-refractivity contribution in [2.45, 2.75) is 32.2 Å². The topological polar surface area (TPSA) is 29.5 Å². The highest BCUT2D eigenvalue weighted by atomic mass is 16.5. The van der Waals surface area contributed by atoms with Crippen LogP contribution in [0, 0.1) is 0 Å². The number of hydrogen-bond acceptors (Lipinski definition) is 3. The van der Waals surface area contributed by atoms with Gasteiger partial charge in [-0.05, 0) is 39.4 Å². The van der Waals surface area contributed by atoms with Crippen molar-refractivity contribution in [3.05, 3.63) is 35.9 Å². The Morgan fingerprint density at radius 2 is 1.94 bits per heavy atom. The normalized spacial score (nSPS) is 12.4. The zero-order valence-electron chi connectivity index (χ0n) is 11.6. The second kappa shape index (κ2) is 7.88. The maximum atomic E-state index is 11.5. The van der Waals surface area contributed by atoms with Crippen molar-refractivity contribution in [3.63, 3.8) is 0 Å². The van der Waals surface area contributed by atoms with Crippen LogP contribution >= 0.6 is 0 Å². The molecule has 0 fully saturated rings. The van der Waals surface area contributed by atoms with Crippen molar-refractivity contribution in [2.24, 2.45) is 0 Å². The molecule has 0 spiro atoms. The molecule has 1 atom stereocenters. The molecule has 1 rings (SSSR count). The summed E-state index contributed by atoms with van der Waals surface area (Å²) in [6.07, 6.45) is 2.42. The van der Waals surface area contributed by atoms with Crippen LogP contribution in [-0.2, 0) is 16.0 Å². The van der Waals surface area contributed by atoms with Gasteiger partial charge in [0.05, 0.1) is 13.0 Å². The highest BCUT2D eigenvalue weighted by Crippen LogP contribution is 2.11. The molecule has 0 aliphatic rings. The smallest absolute Gasteiger partial charge is 0.307 e. The Labute approximate surface area is 110 Å². The lowest BCUT2D eigenvalue weighted by Crippen LogP contribution is -2.31. The minimum atomic E-state index is -0.107. The van der Waals surface area contributed by atoms with E-state index >= 15 is 0 Å². The van der Waals surface area contributed by atoms with E-state index in [2.05, 4.69) is 17.0 Å². The second-order valence-corrected chi connectivity index (χ2v) is 4.65. The summed E-state index contributed by atoms with van der Waals surface area (Å²) in [6.45, 7) is 2.30. The van der Waals surface area contributed by atoms with Crippen LogP contribution < -0.4 is 0 Å². The fourth-order valence-corrected chi connectivity index (χ4v) is 1.93. The molecule has 0 heterocycles. The third kappa shape index (κ3) is 5.32. The maximum absolute atomic E-state index is 11.5. The molecule has 1 aromatic rings. The molecule has 0 bridgehead atoms. The summed E-state index contributed by atoms with van der Waals surface area (Å²) in [7, 11) is 4.02. The van der Waals surface area contributed by atoms with Crippen molar-refractivity contribution in [1.29, 1.82) is 0 Å². The Hall–Kier alpha value is -1.35. The van der Waals surface area contributed by atoms with Gasteiger partial charge in [-0.2, -0.15) is 0 Å². The number of benzene rings is 1. The third-order valence-electron chi connectivity index (χ3n) is 3.05. The van der Waals surface area contributed by atoms with Gasteiger partial charge >= 0.3 is 5.97 Å². The molecule has 0 saturated carbocycles. The minimum Gasteiger partial charge on any atom is -0.466 e. The van der Waals surface area contributed by atoms with Crippen LogP contribution in [0.5, 0.6) is 0 Å². The van der Waals surface area contributed by atoms with Gasteiger partial charge in [0, 0.05) is 6.04 Å². The van der Waals surface area contributed by atoms with Gasteiger partial charge in [-0.3, -0.25) is 4.79 Å². The molecule has 0 aliphatic heterocycles. The molecule has 0 aliphatic carbocycles. The van der Waals surface area contributed by atoms with E-state index in [1.807, 2.05) is 39.2 Å². The Morgan fingerprint density at radius 1 is 1.28 bits per heavy atom. The highest BCUT2D eigenvalue weighted by molar-refractivity contribution is 5.70. The summed E-state index contributed by atoms with van der Waals surface area (Å²) in [4.78, 5) is 13.6. The summed E-state index contributed by atoms with van der Waals surface area (Å²) in [5.74, 6) is -0.107. The zero-order valence-corrected chi connectivity index (χ0v) is 11.6. The average Bonchev–Trinajstić information content (AvgIpc) is 2.35. The minimum absolute atomic E-state index is 0.107. The lowest BCUT2D eigenvalue weighted by molar-refractivity contribution is -0.144. The lowest BCUT2D eigenvalue weighted by atomic mass is 10.0. The number of esters is 1. The van der Waals surface area contributed by atoms with E-state index in [1.165, 1.54) is 5.56 Å². The van der Waals surface area contributed by atoms with Crippen LogP contribution in [0.3, 0.4) is 0 Å². The van der Waals surface area contributed by atoms with E-state index in [0.29, 0.717) is 13.0 Å². The standard InChI is InChI=1S/C15H23NO2/c1-4-18-15(17)12-14(16(2)3)11-10-13-8-6-5-7-9-13/h5-9,14H,4,10-12H2,1-3H3. The number of rotatable bonds is 7.